The smallest absolute Gasteiger partial charge is 0.414 e. The van der Waals surface area contributed by atoms with E-state index in [1.165, 1.54) is 19.2 Å². The highest BCUT2D eigenvalue weighted by Crippen LogP contribution is 2.21. The number of hydrogen-bond acceptors (Lipinski definition) is 3. The molecular formula is C12H12FNO4. The normalized spacial score (nSPS) is 9.67. The van der Waals surface area contributed by atoms with Crippen molar-refractivity contribution >= 4 is 17.7 Å². The fourth-order valence-corrected chi connectivity index (χ4v) is 1.30. The molecule has 6 heteroatoms. The van der Waals surface area contributed by atoms with Crippen LogP contribution in [-0.2, 0) is 4.74 Å². The van der Waals surface area contributed by atoms with Crippen molar-refractivity contribution in [2.24, 2.45) is 0 Å². The van der Waals surface area contributed by atoms with E-state index in [0.717, 1.165) is 17.0 Å². The summed E-state index contributed by atoms with van der Waals surface area (Å²) in [6, 6.07) is 3.11. The predicted molar refractivity (Wildman–Crippen MR) is 63.3 cm³/mol. The number of amides is 1. The molecule has 1 aromatic rings. The van der Waals surface area contributed by atoms with Crippen molar-refractivity contribution in [3.8, 4) is 0 Å². The van der Waals surface area contributed by atoms with Gasteiger partial charge < -0.3 is 9.84 Å². The third-order valence-corrected chi connectivity index (χ3v) is 2.15. The fraction of sp³-hybridized carbons (Fsp3) is 0.167. The summed E-state index contributed by atoms with van der Waals surface area (Å²) in [5, 5.41) is 8.94. The minimum atomic E-state index is -1.33. The quantitative estimate of drug-likeness (QED) is 0.836. The zero-order valence-electron chi connectivity index (χ0n) is 9.72. The van der Waals surface area contributed by atoms with Crippen molar-refractivity contribution in [1.82, 2.24) is 0 Å². The van der Waals surface area contributed by atoms with Crippen LogP contribution in [0.2, 0.25) is 0 Å². The lowest BCUT2D eigenvalue weighted by molar-refractivity contribution is 0.0697. The first kappa shape index (κ1) is 13.7. The van der Waals surface area contributed by atoms with E-state index < -0.39 is 17.9 Å². The average Bonchev–Trinajstić information content (AvgIpc) is 2.34. The average molecular weight is 253 g/mol. The van der Waals surface area contributed by atoms with Gasteiger partial charge in [0, 0.05) is 7.05 Å². The van der Waals surface area contributed by atoms with Crippen LogP contribution in [0.5, 0.6) is 0 Å². The van der Waals surface area contributed by atoms with Crippen LogP contribution in [0.25, 0.3) is 0 Å². The molecule has 0 aliphatic carbocycles. The van der Waals surface area contributed by atoms with E-state index in [2.05, 4.69) is 6.58 Å². The molecule has 0 aromatic heterocycles. The molecule has 18 heavy (non-hydrogen) atoms. The Labute approximate surface area is 103 Å². The molecule has 1 aromatic carbocycles. The van der Waals surface area contributed by atoms with Crippen LogP contribution in [0.15, 0.2) is 30.9 Å². The summed E-state index contributed by atoms with van der Waals surface area (Å²) in [5.74, 6) is -2.02. The number of nitrogens with zero attached hydrogens (tertiary/aromatic N) is 1. The standard InChI is InChI=1S/C12H12FNO4/c1-3-6-18-12(17)14(2)10-5-4-8(13)7-9(10)11(15)16/h3-5,7H,1,6H2,2H3,(H,15,16). The van der Waals surface area contributed by atoms with Gasteiger partial charge in [0.15, 0.2) is 0 Å². The van der Waals surface area contributed by atoms with E-state index in [9.17, 15) is 14.0 Å². The highest BCUT2D eigenvalue weighted by molar-refractivity contribution is 5.99. The van der Waals surface area contributed by atoms with Crippen molar-refractivity contribution in [3.05, 3.63) is 42.2 Å². The summed E-state index contributed by atoms with van der Waals surface area (Å²) in [6.07, 6.45) is 0.637. The SMILES string of the molecule is C=CCOC(=O)N(C)c1ccc(F)cc1C(=O)O. The van der Waals surface area contributed by atoms with Gasteiger partial charge in [-0.05, 0) is 18.2 Å². The number of carbonyl (C=O) groups is 2. The number of carbonyl (C=O) groups excluding carboxylic acids is 1. The van der Waals surface area contributed by atoms with Gasteiger partial charge in [-0.1, -0.05) is 12.7 Å². The number of rotatable bonds is 4. The number of carboxylic acids is 1. The summed E-state index contributed by atoms with van der Waals surface area (Å²) < 4.78 is 17.7. The number of anilines is 1. The zero-order valence-corrected chi connectivity index (χ0v) is 9.72. The van der Waals surface area contributed by atoms with Gasteiger partial charge in [-0.25, -0.2) is 14.0 Å². The predicted octanol–water partition coefficient (Wildman–Crippen LogP) is 2.28. The van der Waals surface area contributed by atoms with E-state index in [4.69, 9.17) is 9.84 Å². The molecule has 0 radical (unpaired) electrons. The largest absolute Gasteiger partial charge is 0.478 e. The van der Waals surface area contributed by atoms with Crippen molar-refractivity contribution in [2.45, 2.75) is 0 Å². The molecule has 1 amide bonds. The Morgan fingerprint density at radius 2 is 2.22 bits per heavy atom. The molecule has 0 heterocycles. The monoisotopic (exact) mass is 253 g/mol. The van der Waals surface area contributed by atoms with Gasteiger partial charge in [-0.2, -0.15) is 0 Å². The van der Waals surface area contributed by atoms with Gasteiger partial charge in [0.1, 0.15) is 12.4 Å². The molecule has 0 unspecified atom stereocenters. The van der Waals surface area contributed by atoms with E-state index in [1.807, 2.05) is 0 Å². The Balaban J connectivity index is 3.04. The number of benzene rings is 1. The van der Waals surface area contributed by atoms with Crippen LogP contribution >= 0.6 is 0 Å². The zero-order chi connectivity index (χ0) is 13.7. The Morgan fingerprint density at radius 1 is 1.56 bits per heavy atom. The van der Waals surface area contributed by atoms with Crippen LogP contribution in [0.3, 0.4) is 0 Å². The van der Waals surface area contributed by atoms with Crippen LogP contribution in [-0.4, -0.2) is 30.8 Å². The lowest BCUT2D eigenvalue weighted by Gasteiger charge is -2.18. The molecule has 96 valence electrons. The van der Waals surface area contributed by atoms with Crippen LogP contribution in [0.1, 0.15) is 10.4 Å². The summed E-state index contributed by atoms with van der Waals surface area (Å²) in [6.45, 7) is 3.39. The van der Waals surface area contributed by atoms with Crippen LogP contribution in [0.4, 0.5) is 14.9 Å². The topological polar surface area (TPSA) is 66.8 Å². The molecule has 0 fully saturated rings. The highest BCUT2D eigenvalue weighted by Gasteiger charge is 2.19. The maximum Gasteiger partial charge on any atom is 0.414 e. The van der Waals surface area contributed by atoms with Gasteiger partial charge in [0.25, 0.3) is 0 Å². The molecule has 0 aliphatic heterocycles. The maximum absolute atomic E-state index is 13.0. The summed E-state index contributed by atoms with van der Waals surface area (Å²) in [5.41, 5.74) is -0.258. The lowest BCUT2D eigenvalue weighted by atomic mass is 10.1. The number of halogens is 1. The lowest BCUT2D eigenvalue weighted by Crippen LogP contribution is -2.28. The van der Waals surface area contributed by atoms with Crippen LogP contribution in [0, 0.1) is 5.82 Å². The number of hydrogen-bond donors (Lipinski definition) is 1. The second kappa shape index (κ2) is 5.81. The van der Waals surface area contributed by atoms with E-state index in [1.54, 1.807) is 0 Å². The number of carboxylic acid groups (broad SMARTS) is 1. The number of ether oxygens (including phenoxy) is 1. The molecule has 0 saturated carbocycles. The Kier molecular flexibility index (Phi) is 4.42. The van der Waals surface area contributed by atoms with E-state index in [-0.39, 0.29) is 17.9 Å². The molecule has 1 rings (SSSR count). The van der Waals surface area contributed by atoms with Crippen molar-refractivity contribution < 1.29 is 23.8 Å². The molecule has 5 nitrogen and oxygen atoms in total. The second-order valence-electron chi connectivity index (χ2n) is 3.39. The highest BCUT2D eigenvalue weighted by atomic mass is 19.1. The van der Waals surface area contributed by atoms with Crippen molar-refractivity contribution in [3.63, 3.8) is 0 Å². The first-order valence-electron chi connectivity index (χ1n) is 5.01. The molecule has 1 N–H and O–H groups in total. The number of aromatic carboxylic acids is 1. The minimum absolute atomic E-state index is 0.00672. The van der Waals surface area contributed by atoms with Gasteiger partial charge >= 0.3 is 12.1 Å². The molecule has 0 bridgehead atoms. The van der Waals surface area contributed by atoms with Gasteiger partial charge in [0.05, 0.1) is 11.3 Å². The fourth-order valence-electron chi connectivity index (χ4n) is 1.30. The summed E-state index contributed by atoms with van der Waals surface area (Å²) in [4.78, 5) is 23.5. The first-order chi connectivity index (χ1) is 8.47. The minimum Gasteiger partial charge on any atom is -0.478 e. The molecule has 0 atom stereocenters. The van der Waals surface area contributed by atoms with E-state index in [0.29, 0.717) is 0 Å². The Morgan fingerprint density at radius 3 is 2.78 bits per heavy atom. The molecule has 0 saturated heterocycles. The third kappa shape index (κ3) is 3.07. The molecular weight excluding hydrogens is 241 g/mol. The van der Waals surface area contributed by atoms with Crippen molar-refractivity contribution in [2.75, 3.05) is 18.6 Å². The van der Waals surface area contributed by atoms with Crippen LogP contribution < -0.4 is 4.90 Å². The Bertz CT molecular complexity index is 487. The van der Waals surface area contributed by atoms with Gasteiger partial charge in [-0.15, -0.1) is 0 Å². The van der Waals surface area contributed by atoms with Crippen molar-refractivity contribution in [1.29, 1.82) is 0 Å². The third-order valence-electron chi connectivity index (χ3n) is 2.15. The molecule has 0 aliphatic rings. The maximum atomic E-state index is 13.0. The van der Waals surface area contributed by atoms with E-state index >= 15 is 0 Å². The second-order valence-corrected chi connectivity index (χ2v) is 3.39. The molecule has 0 spiro atoms. The Hall–Kier alpha value is -2.37. The summed E-state index contributed by atoms with van der Waals surface area (Å²) >= 11 is 0. The van der Waals surface area contributed by atoms with Gasteiger partial charge in [-0.3, -0.25) is 4.90 Å². The van der Waals surface area contributed by atoms with Gasteiger partial charge in [0.2, 0.25) is 0 Å². The summed E-state index contributed by atoms with van der Waals surface area (Å²) in [7, 11) is 1.34. The first-order valence-corrected chi connectivity index (χ1v) is 5.01.